The second-order valence-electron chi connectivity index (χ2n) is 6.12. The van der Waals surface area contributed by atoms with Crippen LogP contribution in [-0.4, -0.2) is 26.4 Å². The third-order valence-electron chi connectivity index (χ3n) is 3.96. The highest BCUT2D eigenvalue weighted by Gasteiger charge is 2.13. The third kappa shape index (κ3) is 5.79. The summed E-state index contributed by atoms with van der Waals surface area (Å²) in [6.07, 6.45) is 0. The minimum atomic E-state index is -0.225. The number of aromatic nitrogens is 3. The van der Waals surface area contributed by atoms with Crippen LogP contribution in [0.5, 0.6) is 5.75 Å². The number of rotatable bonds is 7. The van der Waals surface area contributed by atoms with Crippen molar-refractivity contribution in [3.63, 3.8) is 0 Å². The monoisotopic (exact) mass is 470 g/mol. The van der Waals surface area contributed by atoms with Crippen molar-refractivity contribution in [3.8, 4) is 5.75 Å². The number of hydrogen-bond donors (Lipinski definition) is 1. The lowest BCUT2D eigenvalue weighted by molar-refractivity contribution is -0.113. The van der Waals surface area contributed by atoms with Gasteiger partial charge in [-0.15, -0.1) is 10.2 Å². The number of nitrogens with zero attached hydrogens (tertiary/aromatic N) is 3. The molecule has 1 heterocycles. The maximum absolute atomic E-state index is 12.2. The first-order valence-electron chi connectivity index (χ1n) is 8.48. The van der Waals surface area contributed by atoms with E-state index >= 15 is 0 Å². The molecule has 0 atom stereocenters. The zero-order chi connectivity index (χ0) is 21.0. The van der Waals surface area contributed by atoms with Gasteiger partial charge >= 0.3 is 0 Å². The second kappa shape index (κ2) is 9.71. The van der Waals surface area contributed by atoms with Crippen LogP contribution in [0.3, 0.4) is 0 Å². The molecule has 10 heteroatoms. The van der Waals surface area contributed by atoms with Crippen LogP contribution in [0.15, 0.2) is 41.6 Å². The van der Waals surface area contributed by atoms with Crippen molar-refractivity contribution in [2.75, 3.05) is 11.1 Å². The van der Waals surface area contributed by atoms with Crippen LogP contribution < -0.4 is 10.1 Å². The largest absolute Gasteiger partial charge is 0.486 e. The van der Waals surface area contributed by atoms with Crippen LogP contribution in [0.1, 0.15) is 11.4 Å². The van der Waals surface area contributed by atoms with E-state index in [-0.39, 0.29) is 18.3 Å². The molecule has 0 saturated carbocycles. The highest BCUT2D eigenvalue weighted by atomic mass is 35.5. The lowest BCUT2D eigenvalue weighted by atomic mass is 10.2. The number of amides is 1. The van der Waals surface area contributed by atoms with Gasteiger partial charge in [-0.25, -0.2) is 0 Å². The Balaban J connectivity index is 1.55. The summed E-state index contributed by atoms with van der Waals surface area (Å²) in [7, 11) is 1.82. The van der Waals surface area contributed by atoms with E-state index in [4.69, 9.17) is 39.5 Å². The van der Waals surface area contributed by atoms with Gasteiger partial charge in [0.15, 0.2) is 11.0 Å². The fourth-order valence-electron chi connectivity index (χ4n) is 2.36. The third-order valence-corrected chi connectivity index (χ3v) is 5.97. The van der Waals surface area contributed by atoms with Gasteiger partial charge in [-0.3, -0.25) is 4.79 Å². The van der Waals surface area contributed by atoms with Gasteiger partial charge in [0.2, 0.25) is 5.91 Å². The molecule has 0 fully saturated rings. The Morgan fingerprint density at radius 3 is 2.66 bits per heavy atom. The molecule has 0 aliphatic heterocycles. The van der Waals surface area contributed by atoms with Crippen molar-refractivity contribution < 1.29 is 9.53 Å². The zero-order valence-corrected chi connectivity index (χ0v) is 18.7. The summed E-state index contributed by atoms with van der Waals surface area (Å²) in [5, 5.41) is 13.2. The van der Waals surface area contributed by atoms with Crippen molar-refractivity contribution >= 4 is 58.2 Å². The van der Waals surface area contributed by atoms with Crippen molar-refractivity contribution in [1.29, 1.82) is 0 Å². The smallest absolute Gasteiger partial charge is 0.234 e. The maximum atomic E-state index is 12.2. The lowest BCUT2D eigenvalue weighted by Gasteiger charge is -2.09. The number of ether oxygens (including phenoxy) is 1. The first-order chi connectivity index (χ1) is 13.8. The summed E-state index contributed by atoms with van der Waals surface area (Å²) in [4.78, 5) is 12.2. The number of nitrogens with one attached hydrogen (secondary N) is 1. The summed E-state index contributed by atoms with van der Waals surface area (Å²) < 4.78 is 7.54. The average molecular weight is 472 g/mol. The van der Waals surface area contributed by atoms with Crippen LogP contribution in [0.25, 0.3) is 0 Å². The van der Waals surface area contributed by atoms with E-state index in [1.165, 1.54) is 11.8 Å². The molecule has 3 aromatic rings. The summed E-state index contributed by atoms with van der Waals surface area (Å²) in [6, 6.07) is 10.3. The lowest BCUT2D eigenvalue weighted by Crippen LogP contribution is -2.15. The normalized spacial score (nSPS) is 10.8. The highest BCUT2D eigenvalue weighted by molar-refractivity contribution is 7.99. The minimum Gasteiger partial charge on any atom is -0.486 e. The number of hydrogen-bond acceptors (Lipinski definition) is 5. The van der Waals surface area contributed by atoms with Gasteiger partial charge in [-0.2, -0.15) is 0 Å². The molecule has 0 spiro atoms. The molecule has 2 aromatic carbocycles. The van der Waals surface area contributed by atoms with E-state index in [2.05, 4.69) is 15.5 Å². The van der Waals surface area contributed by atoms with Gasteiger partial charge < -0.3 is 14.6 Å². The quantitative estimate of drug-likeness (QED) is 0.468. The van der Waals surface area contributed by atoms with Crippen molar-refractivity contribution in [2.24, 2.45) is 7.05 Å². The number of halogens is 3. The second-order valence-corrected chi connectivity index (χ2v) is 8.31. The molecule has 6 nitrogen and oxygen atoms in total. The van der Waals surface area contributed by atoms with E-state index in [0.717, 1.165) is 5.56 Å². The van der Waals surface area contributed by atoms with Crippen molar-refractivity contribution in [2.45, 2.75) is 18.7 Å². The van der Waals surface area contributed by atoms with Crippen LogP contribution in [0.4, 0.5) is 5.69 Å². The van der Waals surface area contributed by atoms with E-state index < -0.39 is 0 Å². The predicted octanol–water partition coefficient (Wildman–Crippen LogP) is 5.39. The Kier molecular flexibility index (Phi) is 7.29. The molecule has 0 saturated heterocycles. The Labute approximate surface area is 187 Å². The predicted molar refractivity (Wildman–Crippen MR) is 117 cm³/mol. The maximum Gasteiger partial charge on any atom is 0.234 e. The number of carbonyl (C=O) groups is 1. The highest BCUT2D eigenvalue weighted by Crippen LogP contribution is 2.26. The Bertz CT molecular complexity index is 1040. The molecule has 0 radical (unpaired) electrons. The molecule has 0 aliphatic carbocycles. The Hall–Kier alpha value is -1.93. The van der Waals surface area contributed by atoms with Gasteiger partial charge in [-0.05, 0) is 48.9 Å². The SMILES string of the molecule is Cc1cc(OCc2nnc(SCC(=O)Nc3cc(Cl)ccc3Cl)n2C)ccc1Cl. The standard InChI is InChI=1S/C19H17Cl3N4O2S/c1-11-7-13(4-6-14(11)21)28-9-17-24-25-19(26(17)2)29-10-18(27)23-16-8-12(20)3-5-15(16)22/h3-8H,9-10H2,1-2H3,(H,23,27). The van der Waals surface area contributed by atoms with E-state index in [0.29, 0.717) is 37.5 Å². The first kappa shape index (κ1) is 21.8. The molecule has 1 N–H and O–H groups in total. The minimum absolute atomic E-state index is 0.145. The van der Waals surface area contributed by atoms with E-state index in [1.807, 2.05) is 20.0 Å². The number of benzene rings is 2. The number of thioether (sulfide) groups is 1. The Morgan fingerprint density at radius 1 is 1.14 bits per heavy atom. The molecule has 1 amide bonds. The molecule has 0 unspecified atom stereocenters. The molecule has 29 heavy (non-hydrogen) atoms. The molecule has 1 aromatic heterocycles. The number of anilines is 1. The van der Waals surface area contributed by atoms with Crippen LogP contribution in [-0.2, 0) is 18.4 Å². The summed E-state index contributed by atoms with van der Waals surface area (Å²) >= 11 is 19.3. The Morgan fingerprint density at radius 2 is 1.90 bits per heavy atom. The number of aryl methyl sites for hydroxylation is 1. The molecule has 3 rings (SSSR count). The first-order valence-corrected chi connectivity index (χ1v) is 10.6. The van der Waals surface area contributed by atoms with Gasteiger partial charge in [0, 0.05) is 17.1 Å². The van der Waals surface area contributed by atoms with Gasteiger partial charge in [0.25, 0.3) is 0 Å². The van der Waals surface area contributed by atoms with Gasteiger partial charge in [0.1, 0.15) is 12.4 Å². The zero-order valence-electron chi connectivity index (χ0n) is 15.6. The average Bonchev–Trinajstić information content (AvgIpc) is 3.04. The van der Waals surface area contributed by atoms with Gasteiger partial charge in [-0.1, -0.05) is 46.6 Å². The molecule has 0 bridgehead atoms. The molecule has 152 valence electrons. The molecular weight excluding hydrogens is 455 g/mol. The number of carbonyl (C=O) groups excluding carboxylic acids is 1. The van der Waals surface area contributed by atoms with Crippen LogP contribution in [0, 0.1) is 6.92 Å². The van der Waals surface area contributed by atoms with E-state index in [1.54, 1.807) is 34.9 Å². The van der Waals surface area contributed by atoms with Crippen molar-refractivity contribution in [3.05, 3.63) is 62.9 Å². The topological polar surface area (TPSA) is 69.0 Å². The van der Waals surface area contributed by atoms with Gasteiger partial charge in [0.05, 0.1) is 16.5 Å². The van der Waals surface area contributed by atoms with Crippen LogP contribution in [0.2, 0.25) is 15.1 Å². The fraction of sp³-hybridized carbons (Fsp3) is 0.211. The summed E-state index contributed by atoms with van der Waals surface area (Å²) in [6.45, 7) is 2.16. The molecular formula is C19H17Cl3N4O2S. The summed E-state index contributed by atoms with van der Waals surface area (Å²) in [5.41, 5.74) is 1.40. The molecule has 0 aliphatic rings. The van der Waals surface area contributed by atoms with E-state index in [9.17, 15) is 4.79 Å². The summed E-state index contributed by atoms with van der Waals surface area (Å²) in [5.74, 6) is 1.25. The fourth-order valence-corrected chi connectivity index (χ4v) is 3.55. The van der Waals surface area contributed by atoms with Crippen LogP contribution >= 0.6 is 46.6 Å². The van der Waals surface area contributed by atoms with Crippen molar-refractivity contribution in [1.82, 2.24) is 14.8 Å².